The number of hydrogen-bond donors (Lipinski definition) is 2. The van der Waals surface area contributed by atoms with Gasteiger partial charge in [0.05, 0.1) is 0 Å². The first kappa shape index (κ1) is 16.6. The van der Waals surface area contributed by atoms with Gasteiger partial charge in [-0.25, -0.2) is 0 Å². The molecule has 1 fully saturated rings. The molecule has 0 unspecified atom stereocenters. The highest BCUT2D eigenvalue weighted by atomic mass is 16.2. The average Bonchev–Trinajstić information content (AvgIpc) is 3.15. The molecule has 3 rings (SSSR count). The van der Waals surface area contributed by atoms with E-state index in [4.69, 9.17) is 11.1 Å². The van der Waals surface area contributed by atoms with Crippen molar-refractivity contribution >= 4 is 22.6 Å². The van der Waals surface area contributed by atoms with Gasteiger partial charge in [-0.2, -0.15) is 0 Å². The summed E-state index contributed by atoms with van der Waals surface area (Å²) < 4.78 is 2.30. The largest absolute Gasteiger partial charge is 0.384 e. The van der Waals surface area contributed by atoms with Crippen LogP contribution >= 0.6 is 0 Å². The van der Waals surface area contributed by atoms with Gasteiger partial charge in [0.25, 0.3) is 0 Å². The second-order valence-electron chi connectivity index (χ2n) is 6.61. The fraction of sp³-hybridized carbons (Fsp3) is 0.474. The highest BCUT2D eigenvalue weighted by Gasteiger charge is 2.26. The van der Waals surface area contributed by atoms with Crippen molar-refractivity contribution in [3.63, 3.8) is 0 Å². The van der Waals surface area contributed by atoms with Crippen LogP contribution < -0.4 is 5.73 Å². The summed E-state index contributed by atoms with van der Waals surface area (Å²) in [6, 6.07) is 8.55. The summed E-state index contributed by atoms with van der Waals surface area (Å²) in [6.07, 6.45) is 4.20. The highest BCUT2D eigenvalue weighted by molar-refractivity contribution is 5.98. The van der Waals surface area contributed by atoms with Gasteiger partial charge in [0.2, 0.25) is 5.91 Å². The van der Waals surface area contributed by atoms with E-state index in [1.807, 2.05) is 23.1 Å². The molecule has 5 heteroatoms. The summed E-state index contributed by atoms with van der Waals surface area (Å²) in [4.78, 5) is 13.7. The van der Waals surface area contributed by atoms with Gasteiger partial charge in [-0.05, 0) is 50.1 Å². The van der Waals surface area contributed by atoms with Crippen molar-refractivity contribution in [3.05, 3.63) is 35.5 Å². The average molecular weight is 326 g/mol. The third-order valence-electron chi connectivity index (χ3n) is 5.13. The predicted molar refractivity (Wildman–Crippen MR) is 97.4 cm³/mol. The molecule has 0 radical (unpaired) electrons. The maximum Gasteiger partial charge on any atom is 0.219 e. The minimum atomic E-state index is 0.102. The highest BCUT2D eigenvalue weighted by Crippen LogP contribution is 2.26. The number of nitrogens with zero attached hydrogens (tertiary/aromatic N) is 2. The topological polar surface area (TPSA) is 75.1 Å². The number of carbonyl (C=O) groups excluding carboxylic acids is 1. The molecule has 3 N–H and O–H groups in total. The monoisotopic (exact) mass is 326 g/mol. The van der Waals surface area contributed by atoms with E-state index in [-0.39, 0.29) is 11.7 Å². The van der Waals surface area contributed by atoms with Crippen molar-refractivity contribution in [3.8, 4) is 0 Å². The van der Waals surface area contributed by atoms with Crippen LogP contribution in [-0.4, -0.2) is 33.8 Å². The Balaban J connectivity index is 1.84. The first-order valence-corrected chi connectivity index (χ1v) is 8.75. The fourth-order valence-corrected chi connectivity index (χ4v) is 3.92. The molecule has 0 aliphatic carbocycles. The number of fused-ring (bicyclic) bond motifs is 1. The maximum absolute atomic E-state index is 11.7. The number of amidine groups is 1. The van der Waals surface area contributed by atoms with Crippen LogP contribution in [0.1, 0.15) is 44.4 Å². The van der Waals surface area contributed by atoms with Crippen molar-refractivity contribution in [2.24, 2.45) is 5.73 Å². The number of aryl methyl sites for hydroxylation is 2. The Morgan fingerprint density at radius 2 is 2.17 bits per heavy atom. The van der Waals surface area contributed by atoms with E-state index in [0.29, 0.717) is 6.04 Å². The van der Waals surface area contributed by atoms with E-state index >= 15 is 0 Å². The number of nitrogens with two attached hydrogens (primary N) is 1. The molecule has 0 saturated carbocycles. The van der Waals surface area contributed by atoms with Crippen LogP contribution in [0.25, 0.3) is 10.9 Å². The Kier molecular flexibility index (Phi) is 4.60. The molecule has 0 spiro atoms. The zero-order chi connectivity index (χ0) is 17.3. The lowest BCUT2D eigenvalue weighted by atomic mass is 10.1. The minimum absolute atomic E-state index is 0.102. The van der Waals surface area contributed by atoms with Crippen LogP contribution in [0.4, 0.5) is 0 Å². The molecule has 2 heterocycles. The summed E-state index contributed by atoms with van der Waals surface area (Å²) in [6.45, 7) is 5.60. The van der Waals surface area contributed by atoms with Crippen LogP contribution in [0.15, 0.2) is 24.3 Å². The number of rotatable bonds is 5. The zero-order valence-electron chi connectivity index (χ0n) is 14.5. The van der Waals surface area contributed by atoms with Crippen molar-refractivity contribution < 1.29 is 4.79 Å². The Hall–Kier alpha value is -2.30. The van der Waals surface area contributed by atoms with Gasteiger partial charge in [0.1, 0.15) is 5.84 Å². The number of hydrogen-bond acceptors (Lipinski definition) is 2. The van der Waals surface area contributed by atoms with E-state index in [2.05, 4.69) is 17.6 Å². The normalized spacial score (nSPS) is 17.6. The lowest BCUT2D eigenvalue weighted by Crippen LogP contribution is -2.34. The summed E-state index contributed by atoms with van der Waals surface area (Å²) in [5.41, 5.74) is 8.82. The lowest BCUT2D eigenvalue weighted by Gasteiger charge is -2.23. The molecule has 1 aliphatic heterocycles. The second-order valence-corrected chi connectivity index (χ2v) is 6.61. The molecule has 5 nitrogen and oxygen atoms in total. The molecule has 1 amide bonds. The van der Waals surface area contributed by atoms with Crippen LogP contribution in [0.3, 0.4) is 0 Å². The maximum atomic E-state index is 11.7. The second kappa shape index (κ2) is 6.67. The van der Waals surface area contributed by atoms with Gasteiger partial charge in [-0.15, -0.1) is 0 Å². The molecular weight excluding hydrogens is 300 g/mol. The summed E-state index contributed by atoms with van der Waals surface area (Å²) in [5.74, 6) is 0.296. The van der Waals surface area contributed by atoms with Gasteiger partial charge in [-0.1, -0.05) is 12.1 Å². The quantitative estimate of drug-likeness (QED) is 0.655. The number of benzene rings is 1. The number of nitrogens with one attached hydrogen (secondary N) is 1. The SMILES string of the molecule is CCn1c(CC[C@@H]2CCCN2C(C)=O)cc2ccc(C(=N)N)cc21. The molecule has 1 atom stereocenters. The van der Waals surface area contributed by atoms with Crippen molar-refractivity contribution in [1.29, 1.82) is 5.41 Å². The molecule has 1 aromatic carbocycles. The molecule has 24 heavy (non-hydrogen) atoms. The van der Waals surface area contributed by atoms with E-state index < -0.39 is 0 Å². The molecule has 2 aromatic rings. The Morgan fingerprint density at radius 1 is 1.38 bits per heavy atom. The minimum Gasteiger partial charge on any atom is -0.384 e. The van der Waals surface area contributed by atoms with Gasteiger partial charge in [0, 0.05) is 42.8 Å². The first-order chi connectivity index (χ1) is 11.5. The van der Waals surface area contributed by atoms with E-state index in [0.717, 1.165) is 49.9 Å². The van der Waals surface area contributed by atoms with Crippen LogP contribution in [0.2, 0.25) is 0 Å². The van der Waals surface area contributed by atoms with Crippen LogP contribution in [0.5, 0.6) is 0 Å². The number of nitrogen functional groups attached to an aromatic ring is 1. The molecule has 1 saturated heterocycles. The van der Waals surface area contributed by atoms with Crippen LogP contribution in [-0.2, 0) is 17.8 Å². The first-order valence-electron chi connectivity index (χ1n) is 8.75. The Labute approximate surface area is 142 Å². The standard InChI is InChI=1S/C19H26N4O/c1-3-22-17(9-8-16-5-4-10-23(16)13(2)24)11-14-6-7-15(19(20)21)12-18(14)22/h6-7,11-12,16H,3-5,8-10H2,1-2H3,(H3,20,21)/t16-/m0/s1. The third-order valence-corrected chi connectivity index (χ3v) is 5.13. The third kappa shape index (κ3) is 3.03. The molecule has 0 bridgehead atoms. The smallest absolute Gasteiger partial charge is 0.219 e. The number of aromatic nitrogens is 1. The van der Waals surface area contributed by atoms with Crippen molar-refractivity contribution in [2.45, 2.75) is 52.1 Å². The van der Waals surface area contributed by atoms with E-state index in [9.17, 15) is 4.79 Å². The molecule has 128 valence electrons. The number of likely N-dealkylation sites (tertiary alicyclic amines) is 1. The summed E-state index contributed by atoms with van der Waals surface area (Å²) in [5, 5.41) is 8.82. The number of amides is 1. The fourth-order valence-electron chi connectivity index (χ4n) is 3.92. The van der Waals surface area contributed by atoms with Gasteiger partial charge in [-0.3, -0.25) is 10.2 Å². The Morgan fingerprint density at radius 3 is 2.83 bits per heavy atom. The van der Waals surface area contributed by atoms with Gasteiger partial charge < -0.3 is 15.2 Å². The van der Waals surface area contributed by atoms with Crippen molar-refractivity contribution in [2.75, 3.05) is 6.54 Å². The Bertz CT molecular complexity index is 777. The number of carbonyl (C=O) groups is 1. The van der Waals surface area contributed by atoms with Gasteiger partial charge >= 0.3 is 0 Å². The van der Waals surface area contributed by atoms with E-state index in [1.54, 1.807) is 6.92 Å². The summed E-state index contributed by atoms with van der Waals surface area (Å²) >= 11 is 0. The van der Waals surface area contributed by atoms with Crippen LogP contribution in [0, 0.1) is 5.41 Å². The van der Waals surface area contributed by atoms with Gasteiger partial charge in [0.15, 0.2) is 0 Å². The molecule has 1 aromatic heterocycles. The van der Waals surface area contributed by atoms with E-state index in [1.165, 1.54) is 11.1 Å². The summed E-state index contributed by atoms with van der Waals surface area (Å²) in [7, 11) is 0. The molecular formula is C19H26N4O. The predicted octanol–water partition coefficient (Wildman–Crippen LogP) is 2.89. The van der Waals surface area contributed by atoms with Crippen molar-refractivity contribution in [1.82, 2.24) is 9.47 Å². The zero-order valence-corrected chi connectivity index (χ0v) is 14.5. The molecule has 1 aliphatic rings. The lowest BCUT2D eigenvalue weighted by molar-refractivity contribution is -0.129.